The zero-order valence-corrected chi connectivity index (χ0v) is 11.6. The second-order valence-electron chi connectivity index (χ2n) is 4.33. The quantitative estimate of drug-likeness (QED) is 0.844. The predicted octanol–water partition coefficient (Wildman–Crippen LogP) is 2.89. The van der Waals surface area contributed by atoms with E-state index >= 15 is 0 Å². The molecule has 1 atom stereocenters. The van der Waals surface area contributed by atoms with Gasteiger partial charge in [0.25, 0.3) is 0 Å². The molecule has 0 aliphatic rings. The van der Waals surface area contributed by atoms with Gasteiger partial charge < -0.3 is 10.4 Å². The number of halogens is 1. The van der Waals surface area contributed by atoms with Gasteiger partial charge in [0.15, 0.2) is 0 Å². The van der Waals surface area contributed by atoms with Gasteiger partial charge in [-0.25, -0.2) is 9.97 Å². The molecule has 1 aromatic carbocycles. The van der Waals surface area contributed by atoms with Crippen molar-refractivity contribution in [1.82, 2.24) is 9.97 Å². The van der Waals surface area contributed by atoms with Crippen molar-refractivity contribution >= 4 is 17.4 Å². The first kappa shape index (κ1) is 13.8. The Labute approximate surface area is 117 Å². The first-order valence-corrected chi connectivity index (χ1v) is 6.42. The van der Waals surface area contributed by atoms with Gasteiger partial charge in [0, 0.05) is 5.56 Å². The molecule has 1 heterocycles. The molecule has 0 amide bonds. The summed E-state index contributed by atoms with van der Waals surface area (Å²) in [5.41, 5.74) is 1.78. The largest absolute Gasteiger partial charge is 0.394 e. The Hall–Kier alpha value is -1.65. The fourth-order valence-electron chi connectivity index (χ4n) is 1.82. The Balaban J connectivity index is 2.29. The van der Waals surface area contributed by atoms with E-state index < -0.39 is 0 Å². The summed E-state index contributed by atoms with van der Waals surface area (Å²) in [5, 5.41) is 13.2. The Morgan fingerprint density at radius 3 is 2.53 bits per heavy atom. The van der Waals surface area contributed by atoms with Gasteiger partial charge in [-0.3, -0.25) is 0 Å². The summed E-state index contributed by atoms with van der Waals surface area (Å²) < 4.78 is 0. The highest BCUT2D eigenvalue weighted by molar-refractivity contribution is 6.30. The molecule has 2 N–H and O–H groups in total. The summed E-state index contributed by atoms with van der Waals surface area (Å²) in [6.07, 6.45) is 0. The van der Waals surface area contributed by atoms with Crippen LogP contribution in [-0.4, -0.2) is 21.7 Å². The first-order valence-electron chi connectivity index (χ1n) is 6.05. The molecule has 5 heteroatoms. The van der Waals surface area contributed by atoms with E-state index in [1.54, 1.807) is 6.92 Å². The summed E-state index contributed by atoms with van der Waals surface area (Å²) in [5.74, 6) is 1.25. The van der Waals surface area contributed by atoms with Crippen molar-refractivity contribution in [3.63, 3.8) is 0 Å². The lowest BCUT2D eigenvalue weighted by Crippen LogP contribution is -2.17. The molecule has 0 saturated heterocycles. The second-order valence-corrected chi connectivity index (χ2v) is 4.68. The van der Waals surface area contributed by atoms with E-state index in [1.165, 1.54) is 0 Å². The van der Waals surface area contributed by atoms with Crippen LogP contribution in [0.2, 0.25) is 5.15 Å². The molecular formula is C14H16ClN3O. The monoisotopic (exact) mass is 277 g/mol. The van der Waals surface area contributed by atoms with Gasteiger partial charge in [-0.15, -0.1) is 0 Å². The minimum absolute atomic E-state index is 0.0237. The summed E-state index contributed by atoms with van der Waals surface area (Å²) in [4.78, 5) is 8.42. The van der Waals surface area contributed by atoms with Gasteiger partial charge in [-0.05, 0) is 19.4 Å². The van der Waals surface area contributed by atoms with Crippen LogP contribution in [-0.2, 0) is 0 Å². The van der Waals surface area contributed by atoms with E-state index in [0.717, 1.165) is 11.1 Å². The van der Waals surface area contributed by atoms with Crippen LogP contribution < -0.4 is 5.32 Å². The minimum atomic E-state index is -0.217. The van der Waals surface area contributed by atoms with Gasteiger partial charge >= 0.3 is 0 Å². The lowest BCUT2D eigenvalue weighted by atomic mass is 10.1. The number of nitrogens with one attached hydrogen (secondary N) is 1. The predicted molar refractivity (Wildman–Crippen MR) is 76.4 cm³/mol. The second kappa shape index (κ2) is 5.99. The molecule has 100 valence electrons. The lowest BCUT2D eigenvalue weighted by Gasteiger charge is -2.19. The van der Waals surface area contributed by atoms with Crippen molar-refractivity contribution < 1.29 is 5.11 Å². The molecule has 0 aliphatic heterocycles. The number of anilines is 1. The van der Waals surface area contributed by atoms with Crippen LogP contribution in [0.3, 0.4) is 0 Å². The van der Waals surface area contributed by atoms with Crippen molar-refractivity contribution in [2.75, 3.05) is 11.9 Å². The number of aryl methyl sites for hydroxylation is 1. The molecule has 19 heavy (non-hydrogen) atoms. The fourth-order valence-corrected chi connectivity index (χ4v) is 2.03. The minimum Gasteiger partial charge on any atom is -0.394 e. The highest BCUT2D eigenvalue weighted by Gasteiger charge is 2.14. The zero-order chi connectivity index (χ0) is 13.8. The van der Waals surface area contributed by atoms with Crippen LogP contribution in [0, 0.1) is 13.8 Å². The lowest BCUT2D eigenvalue weighted by molar-refractivity contribution is 0.276. The molecule has 2 aromatic rings. The Morgan fingerprint density at radius 2 is 1.89 bits per heavy atom. The highest BCUT2D eigenvalue weighted by Crippen LogP contribution is 2.24. The van der Waals surface area contributed by atoms with Crippen molar-refractivity contribution in [2.45, 2.75) is 19.9 Å². The van der Waals surface area contributed by atoms with Crippen molar-refractivity contribution in [1.29, 1.82) is 0 Å². The molecule has 0 saturated carbocycles. The number of benzene rings is 1. The molecular weight excluding hydrogens is 262 g/mol. The Bertz CT molecular complexity index is 560. The number of hydrogen-bond acceptors (Lipinski definition) is 4. The van der Waals surface area contributed by atoms with E-state index in [4.69, 9.17) is 11.6 Å². The fraction of sp³-hybridized carbons (Fsp3) is 0.286. The van der Waals surface area contributed by atoms with Crippen molar-refractivity contribution in [3.05, 3.63) is 52.4 Å². The van der Waals surface area contributed by atoms with Crippen LogP contribution in [0.4, 0.5) is 5.82 Å². The van der Waals surface area contributed by atoms with E-state index in [-0.39, 0.29) is 12.6 Å². The molecule has 0 spiro atoms. The van der Waals surface area contributed by atoms with Gasteiger partial charge in [0.05, 0.1) is 12.6 Å². The van der Waals surface area contributed by atoms with E-state index in [9.17, 15) is 5.11 Å². The molecule has 0 bridgehead atoms. The summed E-state index contributed by atoms with van der Waals surface area (Å²) in [6, 6.07) is 9.51. The summed E-state index contributed by atoms with van der Waals surface area (Å²) in [6.45, 7) is 3.61. The topological polar surface area (TPSA) is 58.0 Å². The van der Waals surface area contributed by atoms with Crippen molar-refractivity contribution in [3.8, 4) is 0 Å². The highest BCUT2D eigenvalue weighted by atomic mass is 35.5. The Kier molecular flexibility index (Phi) is 4.35. The standard InChI is InChI=1S/C14H16ClN3O/c1-9-13(15)16-10(2)17-14(9)18-12(8-19)11-6-4-3-5-7-11/h3-7,12,19H,8H2,1-2H3,(H,16,17,18). The smallest absolute Gasteiger partial charge is 0.137 e. The average molecular weight is 278 g/mol. The maximum atomic E-state index is 9.53. The van der Waals surface area contributed by atoms with E-state index in [2.05, 4.69) is 15.3 Å². The maximum Gasteiger partial charge on any atom is 0.137 e. The van der Waals surface area contributed by atoms with Crippen LogP contribution in [0.25, 0.3) is 0 Å². The van der Waals surface area contributed by atoms with Crippen LogP contribution in [0.5, 0.6) is 0 Å². The normalized spacial score (nSPS) is 12.2. The van der Waals surface area contributed by atoms with E-state index in [1.807, 2.05) is 37.3 Å². The van der Waals surface area contributed by atoms with Gasteiger partial charge in [0.1, 0.15) is 16.8 Å². The van der Waals surface area contributed by atoms with Crippen LogP contribution >= 0.6 is 11.6 Å². The number of hydrogen-bond donors (Lipinski definition) is 2. The number of aliphatic hydroxyl groups is 1. The maximum absolute atomic E-state index is 9.53. The summed E-state index contributed by atoms with van der Waals surface area (Å²) in [7, 11) is 0. The summed E-state index contributed by atoms with van der Waals surface area (Å²) >= 11 is 6.04. The molecule has 0 fully saturated rings. The molecule has 2 rings (SSSR count). The molecule has 0 radical (unpaired) electrons. The number of nitrogens with zero attached hydrogens (tertiary/aromatic N) is 2. The average Bonchev–Trinajstić information content (AvgIpc) is 2.42. The van der Waals surface area contributed by atoms with Crippen molar-refractivity contribution in [2.24, 2.45) is 0 Å². The van der Waals surface area contributed by atoms with Gasteiger partial charge in [-0.2, -0.15) is 0 Å². The third-order valence-corrected chi connectivity index (χ3v) is 3.26. The third-order valence-electron chi connectivity index (χ3n) is 2.89. The Morgan fingerprint density at radius 1 is 1.21 bits per heavy atom. The van der Waals surface area contributed by atoms with E-state index in [0.29, 0.717) is 16.8 Å². The van der Waals surface area contributed by atoms with Gasteiger partial charge in [0.2, 0.25) is 0 Å². The zero-order valence-electron chi connectivity index (χ0n) is 10.9. The molecule has 4 nitrogen and oxygen atoms in total. The van der Waals surface area contributed by atoms with Crippen LogP contribution in [0.15, 0.2) is 30.3 Å². The molecule has 0 aliphatic carbocycles. The molecule has 1 unspecified atom stereocenters. The first-order chi connectivity index (χ1) is 9.11. The van der Waals surface area contributed by atoms with Gasteiger partial charge in [-0.1, -0.05) is 41.9 Å². The molecule has 1 aromatic heterocycles. The number of rotatable bonds is 4. The number of aliphatic hydroxyl groups excluding tert-OH is 1. The SMILES string of the molecule is Cc1nc(Cl)c(C)c(NC(CO)c2ccccc2)n1. The third kappa shape index (κ3) is 3.22. The number of aromatic nitrogens is 2. The van der Waals surface area contributed by atoms with Crippen LogP contribution in [0.1, 0.15) is 23.0 Å².